The number of benzene rings is 1. The standard InChI is InChI=1S/C13H15ClN2O4/c1-16(5-7(17)6-20-2)11-4-10-8(3-9(11)14)12(18)13(19)15-10/h3-4,7,17H,5-6H2,1-2H3,(H,15,18,19). The first-order valence-electron chi connectivity index (χ1n) is 6.01. The molecule has 0 saturated carbocycles. The van der Waals surface area contributed by atoms with Crippen molar-refractivity contribution < 1.29 is 19.4 Å². The number of hydrogen-bond acceptors (Lipinski definition) is 5. The predicted octanol–water partition coefficient (Wildman–Crippen LogP) is 0.918. The van der Waals surface area contributed by atoms with Gasteiger partial charge in [-0.1, -0.05) is 11.6 Å². The van der Waals surface area contributed by atoms with Crippen molar-refractivity contribution in [2.24, 2.45) is 0 Å². The van der Waals surface area contributed by atoms with E-state index in [1.807, 2.05) is 0 Å². The minimum atomic E-state index is -0.662. The van der Waals surface area contributed by atoms with Crippen LogP contribution in [0.2, 0.25) is 5.02 Å². The van der Waals surface area contributed by atoms with Crippen molar-refractivity contribution in [3.05, 3.63) is 22.7 Å². The molecule has 0 aromatic heterocycles. The quantitative estimate of drug-likeness (QED) is 0.790. The van der Waals surface area contributed by atoms with Crippen LogP contribution in [0.3, 0.4) is 0 Å². The van der Waals surface area contributed by atoms with Gasteiger partial charge in [-0.15, -0.1) is 0 Å². The minimum Gasteiger partial charge on any atom is -0.389 e. The van der Waals surface area contributed by atoms with Gasteiger partial charge >= 0.3 is 0 Å². The number of nitrogens with zero attached hydrogens (tertiary/aromatic N) is 1. The smallest absolute Gasteiger partial charge is 0.296 e. The largest absolute Gasteiger partial charge is 0.389 e. The molecule has 0 spiro atoms. The average molecular weight is 299 g/mol. The van der Waals surface area contributed by atoms with Crippen LogP contribution in [0.25, 0.3) is 0 Å². The third-order valence-electron chi connectivity index (χ3n) is 3.04. The number of fused-ring (bicyclic) bond motifs is 1. The summed E-state index contributed by atoms with van der Waals surface area (Å²) in [5.74, 6) is -1.24. The first-order valence-corrected chi connectivity index (χ1v) is 6.39. The van der Waals surface area contributed by atoms with Crippen molar-refractivity contribution in [3.63, 3.8) is 0 Å². The first-order chi connectivity index (χ1) is 9.43. The van der Waals surface area contributed by atoms with E-state index < -0.39 is 17.8 Å². The van der Waals surface area contributed by atoms with E-state index in [0.29, 0.717) is 22.9 Å². The maximum absolute atomic E-state index is 11.6. The number of aliphatic hydroxyl groups excluding tert-OH is 1. The normalized spacial score (nSPS) is 15.0. The maximum Gasteiger partial charge on any atom is 0.296 e. The molecule has 1 heterocycles. The number of ether oxygens (including phenoxy) is 1. The van der Waals surface area contributed by atoms with E-state index in [1.54, 1.807) is 18.0 Å². The van der Waals surface area contributed by atoms with Gasteiger partial charge in [0.15, 0.2) is 0 Å². The highest BCUT2D eigenvalue weighted by Gasteiger charge is 2.29. The molecule has 0 bridgehead atoms. The lowest BCUT2D eigenvalue weighted by atomic mass is 10.1. The molecule has 0 saturated heterocycles. The monoisotopic (exact) mass is 298 g/mol. The van der Waals surface area contributed by atoms with Crippen molar-refractivity contribution >= 4 is 34.7 Å². The van der Waals surface area contributed by atoms with Gasteiger partial charge in [-0.2, -0.15) is 0 Å². The summed E-state index contributed by atoms with van der Waals surface area (Å²) in [5, 5.41) is 12.6. The highest BCUT2D eigenvalue weighted by Crippen LogP contribution is 2.34. The molecular formula is C13H15ClN2O4. The molecule has 2 N–H and O–H groups in total. The van der Waals surface area contributed by atoms with Gasteiger partial charge in [0.1, 0.15) is 0 Å². The molecule has 1 atom stereocenters. The van der Waals surface area contributed by atoms with Gasteiger partial charge in [0.2, 0.25) is 0 Å². The van der Waals surface area contributed by atoms with Crippen molar-refractivity contribution in [2.75, 3.05) is 37.5 Å². The molecule has 108 valence electrons. The number of carbonyl (C=O) groups is 2. The number of methoxy groups -OCH3 is 1. The van der Waals surface area contributed by atoms with Gasteiger partial charge in [0, 0.05) is 20.7 Å². The summed E-state index contributed by atoms with van der Waals surface area (Å²) in [7, 11) is 3.26. The summed E-state index contributed by atoms with van der Waals surface area (Å²) in [6, 6.07) is 3.09. The van der Waals surface area contributed by atoms with Crippen molar-refractivity contribution in [1.29, 1.82) is 0 Å². The highest BCUT2D eigenvalue weighted by molar-refractivity contribution is 6.52. The van der Waals surface area contributed by atoms with Gasteiger partial charge in [-0.3, -0.25) is 9.59 Å². The minimum absolute atomic E-state index is 0.210. The Bertz CT molecular complexity index is 562. The molecular weight excluding hydrogens is 284 g/mol. The molecule has 1 aliphatic rings. The van der Waals surface area contributed by atoms with Crippen LogP contribution in [0.15, 0.2) is 12.1 Å². The molecule has 1 unspecified atom stereocenters. The van der Waals surface area contributed by atoms with Crippen LogP contribution in [0.4, 0.5) is 11.4 Å². The number of rotatable bonds is 5. The van der Waals surface area contributed by atoms with E-state index in [-0.39, 0.29) is 12.2 Å². The molecule has 0 fully saturated rings. The number of amides is 1. The zero-order valence-electron chi connectivity index (χ0n) is 11.1. The van der Waals surface area contributed by atoms with Crippen molar-refractivity contribution in [2.45, 2.75) is 6.10 Å². The molecule has 0 radical (unpaired) electrons. The van der Waals surface area contributed by atoms with Crippen molar-refractivity contribution in [1.82, 2.24) is 0 Å². The highest BCUT2D eigenvalue weighted by atomic mass is 35.5. The molecule has 7 heteroatoms. The van der Waals surface area contributed by atoms with Crippen LogP contribution in [0, 0.1) is 0 Å². The van der Waals surface area contributed by atoms with Crippen LogP contribution in [-0.2, 0) is 9.53 Å². The molecule has 1 aliphatic heterocycles. The summed E-state index contributed by atoms with van der Waals surface area (Å²) in [5.41, 5.74) is 1.33. The summed E-state index contributed by atoms with van der Waals surface area (Å²) in [6.45, 7) is 0.524. The van der Waals surface area contributed by atoms with E-state index in [9.17, 15) is 14.7 Å². The third kappa shape index (κ3) is 2.77. The van der Waals surface area contributed by atoms with Crippen LogP contribution in [-0.4, -0.2) is 50.2 Å². The fourth-order valence-electron chi connectivity index (χ4n) is 2.11. The topological polar surface area (TPSA) is 78.9 Å². The lowest BCUT2D eigenvalue weighted by Crippen LogP contribution is -2.32. The number of anilines is 2. The number of ketones is 1. The number of aliphatic hydroxyl groups is 1. The van der Waals surface area contributed by atoms with Crippen LogP contribution < -0.4 is 10.2 Å². The second-order valence-electron chi connectivity index (χ2n) is 4.62. The molecule has 20 heavy (non-hydrogen) atoms. The fraction of sp³-hybridized carbons (Fsp3) is 0.385. The third-order valence-corrected chi connectivity index (χ3v) is 3.34. The Morgan fingerprint density at radius 2 is 2.15 bits per heavy atom. The van der Waals surface area contributed by atoms with E-state index in [1.165, 1.54) is 13.2 Å². The van der Waals surface area contributed by atoms with Gasteiger partial charge in [-0.05, 0) is 12.1 Å². The zero-order valence-corrected chi connectivity index (χ0v) is 11.9. The second kappa shape index (κ2) is 5.78. The number of nitrogens with one attached hydrogen (secondary N) is 1. The summed E-state index contributed by atoms with van der Waals surface area (Å²) in [4.78, 5) is 24.6. The fourth-order valence-corrected chi connectivity index (χ4v) is 2.41. The summed E-state index contributed by atoms with van der Waals surface area (Å²) in [6.07, 6.45) is -0.662. The van der Waals surface area contributed by atoms with E-state index in [4.69, 9.17) is 16.3 Å². The van der Waals surface area contributed by atoms with Crippen LogP contribution in [0.5, 0.6) is 0 Å². The molecule has 1 amide bonds. The Morgan fingerprint density at radius 1 is 1.45 bits per heavy atom. The molecule has 6 nitrogen and oxygen atoms in total. The van der Waals surface area contributed by atoms with E-state index >= 15 is 0 Å². The van der Waals surface area contributed by atoms with Gasteiger partial charge in [-0.25, -0.2) is 0 Å². The van der Waals surface area contributed by atoms with Crippen molar-refractivity contribution in [3.8, 4) is 0 Å². The Hall–Kier alpha value is -1.63. The lowest BCUT2D eigenvalue weighted by molar-refractivity contribution is -0.112. The second-order valence-corrected chi connectivity index (χ2v) is 5.03. The summed E-state index contributed by atoms with van der Waals surface area (Å²) >= 11 is 6.13. The van der Waals surface area contributed by atoms with Gasteiger partial charge in [0.05, 0.1) is 34.7 Å². The summed E-state index contributed by atoms with van der Waals surface area (Å²) < 4.78 is 4.86. The zero-order chi connectivity index (χ0) is 14.9. The Labute approximate surface area is 121 Å². The van der Waals surface area contributed by atoms with Crippen LogP contribution in [0.1, 0.15) is 10.4 Å². The van der Waals surface area contributed by atoms with Crippen LogP contribution >= 0.6 is 11.6 Å². The first kappa shape index (κ1) is 14.8. The lowest BCUT2D eigenvalue weighted by Gasteiger charge is -2.24. The van der Waals surface area contributed by atoms with Gasteiger partial charge in [0.25, 0.3) is 11.7 Å². The number of likely N-dealkylation sites (N-methyl/N-ethyl adjacent to an activating group) is 1. The Kier molecular flexibility index (Phi) is 4.27. The number of Topliss-reactive ketones (excluding diaryl/α,β-unsaturated/α-hetero) is 1. The average Bonchev–Trinajstić information content (AvgIpc) is 2.65. The Balaban J connectivity index is 2.24. The molecule has 1 aromatic carbocycles. The van der Waals surface area contributed by atoms with E-state index in [0.717, 1.165) is 0 Å². The predicted molar refractivity (Wildman–Crippen MR) is 75.6 cm³/mol. The SMILES string of the molecule is COCC(O)CN(C)c1cc2c(cc1Cl)C(=O)C(=O)N2. The molecule has 0 aliphatic carbocycles. The maximum atomic E-state index is 11.6. The number of halogens is 1. The molecule has 1 aromatic rings. The van der Waals surface area contributed by atoms with E-state index in [2.05, 4.69) is 5.32 Å². The molecule has 2 rings (SSSR count). The van der Waals surface area contributed by atoms with Gasteiger partial charge < -0.3 is 20.1 Å². The Morgan fingerprint density at radius 3 is 2.80 bits per heavy atom. The number of hydrogen-bond donors (Lipinski definition) is 2. The number of carbonyl (C=O) groups excluding carboxylic acids is 2.